The topological polar surface area (TPSA) is 257 Å². The van der Waals surface area contributed by atoms with Crippen LogP contribution in [0.3, 0.4) is 0 Å². The molecule has 0 unspecified atom stereocenters. The van der Waals surface area contributed by atoms with Gasteiger partial charge in [0.15, 0.2) is 23.5 Å². The van der Waals surface area contributed by atoms with Gasteiger partial charge in [-0.2, -0.15) is 0 Å². The molecule has 3 aromatic rings. The molecule has 0 saturated carbocycles. The summed E-state index contributed by atoms with van der Waals surface area (Å²) in [6, 6.07) is 7.07. The van der Waals surface area contributed by atoms with Gasteiger partial charge in [0.1, 0.15) is 71.3 Å². The molecule has 5 rings (SSSR count). The van der Waals surface area contributed by atoms with E-state index in [2.05, 4.69) is 0 Å². The van der Waals surface area contributed by atoms with Gasteiger partial charge in [-0.15, -0.1) is 0 Å². The van der Waals surface area contributed by atoms with Crippen molar-refractivity contribution in [3.05, 3.63) is 40.6 Å². The van der Waals surface area contributed by atoms with E-state index in [1.165, 1.54) is 51.7 Å². The number of hydrogen-bond acceptors (Lipinski definition) is 17. The molecule has 8 N–H and O–H groups in total. The number of rotatable bonds is 10. The Balaban J connectivity index is 1.52. The number of aliphatic hydroxyl groups excluding tert-OH is 7. The molecule has 258 valence electrons. The Bertz CT molecular complexity index is 1610. The predicted octanol–water partition coefficient (Wildman–Crippen LogP) is -1.81. The van der Waals surface area contributed by atoms with Gasteiger partial charge in [-0.3, -0.25) is 4.79 Å². The van der Waals surface area contributed by atoms with Crippen molar-refractivity contribution in [1.29, 1.82) is 0 Å². The van der Waals surface area contributed by atoms with Crippen LogP contribution >= 0.6 is 0 Å². The molecule has 0 amide bonds. The standard InChI is InChI=1S/C30H36O17/c1-40-12-7-13(33)19-16(8-12)43-26(11-4-5-14(41-2)15(6-11)42-3)28(21(19)35)47-30-25(39)23(37)27(18(10-32)45-30)46-29-24(38)22(36)20(34)17(9-31)44-29/h4-8,17-18,20,22-25,27,29-34,36-39H,9-10H2,1-3H3/t17-,18+,20-,22-,23-,24+,25+,27-,29-,30-/m0/s1. The Morgan fingerprint density at radius 2 is 1.40 bits per heavy atom. The Labute approximate surface area is 266 Å². The van der Waals surface area contributed by atoms with E-state index in [-0.39, 0.29) is 33.8 Å². The highest BCUT2D eigenvalue weighted by atomic mass is 16.7. The molecule has 2 fully saturated rings. The van der Waals surface area contributed by atoms with Crippen molar-refractivity contribution in [1.82, 2.24) is 0 Å². The maximum Gasteiger partial charge on any atom is 0.239 e. The van der Waals surface area contributed by atoms with Gasteiger partial charge in [-0.25, -0.2) is 0 Å². The fourth-order valence-electron chi connectivity index (χ4n) is 5.42. The van der Waals surface area contributed by atoms with E-state index in [4.69, 9.17) is 37.6 Å². The van der Waals surface area contributed by atoms with Gasteiger partial charge >= 0.3 is 0 Å². The third-order valence-electron chi connectivity index (χ3n) is 7.98. The normalized spacial score (nSPS) is 31.0. The van der Waals surface area contributed by atoms with E-state index in [1.54, 1.807) is 0 Å². The number of methoxy groups -OCH3 is 3. The lowest BCUT2D eigenvalue weighted by Crippen LogP contribution is -2.65. The Morgan fingerprint density at radius 1 is 0.745 bits per heavy atom. The number of phenols is 1. The largest absolute Gasteiger partial charge is 0.507 e. The molecular weight excluding hydrogens is 632 g/mol. The average Bonchev–Trinajstić information content (AvgIpc) is 3.08. The third kappa shape index (κ3) is 6.42. The fourth-order valence-corrected chi connectivity index (χ4v) is 5.42. The number of aromatic hydroxyl groups is 1. The van der Waals surface area contributed by atoms with Crippen molar-refractivity contribution in [2.45, 2.75) is 61.4 Å². The van der Waals surface area contributed by atoms with Crippen molar-refractivity contribution < 1.29 is 78.4 Å². The van der Waals surface area contributed by atoms with Crippen LogP contribution in [0.15, 0.2) is 39.5 Å². The van der Waals surface area contributed by atoms with Gasteiger partial charge in [-0.05, 0) is 18.2 Å². The van der Waals surface area contributed by atoms with Crippen molar-refractivity contribution >= 4 is 11.0 Å². The van der Waals surface area contributed by atoms with Crippen LogP contribution in [-0.2, 0) is 14.2 Å². The van der Waals surface area contributed by atoms with Crippen molar-refractivity contribution in [2.24, 2.45) is 0 Å². The molecule has 0 radical (unpaired) electrons. The quantitative estimate of drug-likeness (QED) is 0.118. The van der Waals surface area contributed by atoms with Crippen molar-refractivity contribution in [3.8, 4) is 40.1 Å². The maximum atomic E-state index is 13.9. The number of hydrogen-bond donors (Lipinski definition) is 8. The lowest BCUT2D eigenvalue weighted by Gasteiger charge is -2.45. The van der Waals surface area contributed by atoms with Crippen LogP contribution in [0.4, 0.5) is 0 Å². The fraction of sp³-hybridized carbons (Fsp3) is 0.500. The number of phenolic OH excluding ortho intramolecular Hbond substituents is 1. The van der Waals surface area contributed by atoms with E-state index in [0.717, 1.165) is 0 Å². The number of ether oxygens (including phenoxy) is 7. The number of aliphatic hydroxyl groups is 7. The summed E-state index contributed by atoms with van der Waals surface area (Å²) < 4.78 is 44.3. The van der Waals surface area contributed by atoms with Crippen LogP contribution in [0.25, 0.3) is 22.3 Å². The summed E-state index contributed by atoms with van der Waals surface area (Å²) in [5.41, 5.74) is -0.760. The molecule has 2 aromatic carbocycles. The second-order valence-electron chi connectivity index (χ2n) is 10.8. The van der Waals surface area contributed by atoms with Gasteiger partial charge in [-0.1, -0.05) is 0 Å². The molecule has 1 aromatic heterocycles. The van der Waals surface area contributed by atoms with Gasteiger partial charge in [0.25, 0.3) is 0 Å². The van der Waals surface area contributed by atoms with Gasteiger partial charge in [0.2, 0.25) is 17.5 Å². The minimum absolute atomic E-state index is 0.0876. The molecule has 10 atom stereocenters. The zero-order chi connectivity index (χ0) is 34.2. The van der Waals surface area contributed by atoms with E-state index in [9.17, 15) is 45.6 Å². The number of fused-ring (bicyclic) bond motifs is 1. The van der Waals surface area contributed by atoms with Crippen molar-refractivity contribution in [2.75, 3.05) is 34.5 Å². The van der Waals surface area contributed by atoms with Crippen LogP contribution in [0, 0.1) is 0 Å². The smallest absolute Gasteiger partial charge is 0.239 e. The Hall–Kier alpha value is -3.75. The number of benzene rings is 2. The minimum Gasteiger partial charge on any atom is -0.507 e. The van der Waals surface area contributed by atoms with Crippen LogP contribution in [0.1, 0.15) is 0 Å². The van der Waals surface area contributed by atoms with Crippen LogP contribution in [-0.4, -0.2) is 137 Å². The second-order valence-corrected chi connectivity index (χ2v) is 10.8. The lowest BCUT2D eigenvalue weighted by molar-refractivity contribution is -0.352. The maximum absolute atomic E-state index is 13.9. The highest BCUT2D eigenvalue weighted by molar-refractivity contribution is 5.88. The molecule has 3 heterocycles. The summed E-state index contributed by atoms with van der Waals surface area (Å²) in [6.07, 6.45) is -17.3. The zero-order valence-electron chi connectivity index (χ0n) is 25.3. The summed E-state index contributed by atoms with van der Waals surface area (Å²) in [5, 5.41) is 82.7. The molecule has 0 bridgehead atoms. The monoisotopic (exact) mass is 668 g/mol. The van der Waals surface area contributed by atoms with E-state index in [1.807, 2.05) is 0 Å². The first-order chi connectivity index (χ1) is 22.5. The highest BCUT2D eigenvalue weighted by Gasteiger charge is 2.51. The summed E-state index contributed by atoms with van der Waals surface area (Å²) in [4.78, 5) is 13.9. The van der Waals surface area contributed by atoms with Crippen LogP contribution < -0.4 is 24.4 Å². The molecule has 47 heavy (non-hydrogen) atoms. The lowest BCUT2D eigenvalue weighted by atomic mass is 9.97. The van der Waals surface area contributed by atoms with E-state index < -0.39 is 91.6 Å². The molecule has 17 nitrogen and oxygen atoms in total. The molecule has 17 heteroatoms. The summed E-state index contributed by atoms with van der Waals surface area (Å²) in [5.74, 6) is -0.497. The molecule has 2 saturated heterocycles. The molecule has 0 spiro atoms. The molecule has 2 aliphatic heterocycles. The van der Waals surface area contributed by atoms with Crippen LogP contribution in [0.5, 0.6) is 28.7 Å². The predicted molar refractivity (Wildman–Crippen MR) is 156 cm³/mol. The summed E-state index contributed by atoms with van der Waals surface area (Å²) in [7, 11) is 4.17. The second kappa shape index (κ2) is 14.2. The third-order valence-corrected chi connectivity index (χ3v) is 7.98. The SMILES string of the molecule is COc1cc(O)c2c(=O)c(O[C@@H]3O[C@H](CO)[C@H](O[C@@H]4O[C@@H](CO)[C@H](O)[C@H](O)[C@H]4O)[C@@H](O)[C@H]3O)c(-c3ccc(OC)c(OC)c3)oc2c1. The molecule has 0 aliphatic carbocycles. The first-order valence-electron chi connectivity index (χ1n) is 14.3. The molecule has 2 aliphatic rings. The van der Waals surface area contributed by atoms with Gasteiger partial charge in [0, 0.05) is 17.7 Å². The van der Waals surface area contributed by atoms with Gasteiger partial charge in [0.05, 0.1) is 34.5 Å². The Morgan fingerprint density at radius 3 is 2.04 bits per heavy atom. The zero-order valence-corrected chi connectivity index (χ0v) is 25.3. The van der Waals surface area contributed by atoms with Crippen LogP contribution in [0.2, 0.25) is 0 Å². The van der Waals surface area contributed by atoms with Crippen molar-refractivity contribution in [3.63, 3.8) is 0 Å². The van der Waals surface area contributed by atoms with Gasteiger partial charge < -0.3 is 78.4 Å². The summed E-state index contributed by atoms with van der Waals surface area (Å²) in [6.45, 7) is -1.60. The first-order valence-corrected chi connectivity index (χ1v) is 14.3. The first kappa shape index (κ1) is 34.6. The van der Waals surface area contributed by atoms with E-state index in [0.29, 0.717) is 5.75 Å². The summed E-state index contributed by atoms with van der Waals surface area (Å²) >= 11 is 0. The Kier molecular flexibility index (Phi) is 10.4. The minimum atomic E-state index is -1.98. The van der Waals surface area contributed by atoms with E-state index >= 15 is 0 Å². The molecular formula is C30H36O17. The average molecular weight is 669 g/mol. The highest BCUT2D eigenvalue weighted by Crippen LogP contribution is 2.40.